The fourth-order valence-corrected chi connectivity index (χ4v) is 1.91. The van der Waals surface area contributed by atoms with Crippen LogP contribution in [-0.4, -0.2) is 14.8 Å². The number of aromatic amines is 1. The first-order chi connectivity index (χ1) is 7.97. The Morgan fingerprint density at radius 3 is 2.65 bits per heavy atom. The normalized spacial score (nSPS) is 11.4. The lowest BCUT2D eigenvalue weighted by molar-refractivity contribution is 0.284. The number of anilines is 1. The number of phosphoric ester groups is 1. The highest BCUT2D eigenvalue weighted by atomic mass is 31.2. The molecule has 0 radical (unpaired) electrons. The SMILES string of the molecule is Nc1c(OP(=O)(O)O)cccc1-c1cc[nH]c1. The van der Waals surface area contributed by atoms with Crippen molar-refractivity contribution in [3.05, 3.63) is 36.7 Å². The Bertz CT molecular complexity index is 562. The molecule has 0 amide bonds. The minimum Gasteiger partial charge on any atom is -0.402 e. The molecule has 1 heterocycles. The van der Waals surface area contributed by atoms with Gasteiger partial charge >= 0.3 is 7.82 Å². The minimum absolute atomic E-state index is 0.0305. The van der Waals surface area contributed by atoms with Crippen LogP contribution in [0.5, 0.6) is 5.75 Å². The fraction of sp³-hybridized carbons (Fsp3) is 0. The third kappa shape index (κ3) is 2.68. The number of nitrogens with two attached hydrogens (primary N) is 1. The van der Waals surface area contributed by atoms with Crippen molar-refractivity contribution in [3.8, 4) is 16.9 Å². The summed E-state index contributed by atoms with van der Waals surface area (Å²) in [6.07, 6.45) is 3.46. The van der Waals surface area contributed by atoms with E-state index in [2.05, 4.69) is 9.51 Å². The number of nitrogen functional groups attached to an aromatic ring is 1. The highest BCUT2D eigenvalue weighted by molar-refractivity contribution is 7.46. The topological polar surface area (TPSA) is 109 Å². The van der Waals surface area contributed by atoms with Gasteiger partial charge in [-0.25, -0.2) is 4.57 Å². The second-order valence-corrected chi connectivity index (χ2v) is 4.56. The molecular formula is C10H11N2O4P. The molecule has 0 spiro atoms. The molecule has 0 saturated heterocycles. The molecule has 7 heteroatoms. The van der Waals surface area contributed by atoms with Crippen LogP contribution in [0.15, 0.2) is 36.7 Å². The third-order valence-electron chi connectivity index (χ3n) is 2.19. The number of hydrogen-bond acceptors (Lipinski definition) is 3. The van der Waals surface area contributed by atoms with E-state index < -0.39 is 7.82 Å². The van der Waals surface area contributed by atoms with Gasteiger partial charge in [-0.1, -0.05) is 12.1 Å². The van der Waals surface area contributed by atoms with Gasteiger partial charge in [0.1, 0.15) is 0 Å². The predicted octanol–water partition coefficient (Wildman–Crippen LogP) is 1.74. The number of para-hydroxylation sites is 1. The zero-order valence-corrected chi connectivity index (χ0v) is 9.59. The van der Waals surface area contributed by atoms with E-state index in [0.717, 1.165) is 5.56 Å². The molecule has 17 heavy (non-hydrogen) atoms. The van der Waals surface area contributed by atoms with Crippen molar-refractivity contribution >= 4 is 13.5 Å². The first-order valence-electron chi connectivity index (χ1n) is 4.74. The number of aromatic nitrogens is 1. The predicted molar refractivity (Wildman–Crippen MR) is 63.3 cm³/mol. The summed E-state index contributed by atoms with van der Waals surface area (Å²) in [5.41, 5.74) is 7.46. The summed E-state index contributed by atoms with van der Waals surface area (Å²) in [6, 6.07) is 6.56. The van der Waals surface area contributed by atoms with Crippen LogP contribution < -0.4 is 10.3 Å². The summed E-state index contributed by atoms with van der Waals surface area (Å²) in [5.74, 6) is -0.0305. The van der Waals surface area contributed by atoms with E-state index in [0.29, 0.717) is 5.56 Å². The molecule has 0 aliphatic rings. The zero-order valence-electron chi connectivity index (χ0n) is 8.70. The lowest BCUT2D eigenvalue weighted by Gasteiger charge is -2.11. The second-order valence-electron chi connectivity index (χ2n) is 3.40. The van der Waals surface area contributed by atoms with Crippen molar-refractivity contribution in [2.45, 2.75) is 0 Å². The Hall–Kier alpha value is -1.75. The Kier molecular flexibility index (Phi) is 2.93. The maximum Gasteiger partial charge on any atom is 0.524 e. The molecule has 1 aromatic heterocycles. The summed E-state index contributed by atoms with van der Waals surface area (Å²) < 4.78 is 15.3. The van der Waals surface area contributed by atoms with E-state index in [1.54, 1.807) is 30.6 Å². The number of rotatable bonds is 3. The summed E-state index contributed by atoms with van der Waals surface area (Å²) in [7, 11) is -4.60. The number of hydrogen-bond donors (Lipinski definition) is 4. The smallest absolute Gasteiger partial charge is 0.402 e. The molecule has 0 atom stereocenters. The molecule has 2 rings (SSSR count). The lowest BCUT2D eigenvalue weighted by Crippen LogP contribution is -1.97. The first-order valence-corrected chi connectivity index (χ1v) is 6.27. The molecule has 0 unspecified atom stereocenters. The number of benzene rings is 1. The summed E-state index contributed by atoms with van der Waals surface area (Å²) in [4.78, 5) is 20.4. The summed E-state index contributed by atoms with van der Waals surface area (Å²) in [6.45, 7) is 0. The molecule has 0 aliphatic heterocycles. The van der Waals surface area contributed by atoms with Crippen molar-refractivity contribution in [2.24, 2.45) is 0 Å². The molecule has 0 aliphatic carbocycles. The van der Waals surface area contributed by atoms with Crippen molar-refractivity contribution in [3.63, 3.8) is 0 Å². The van der Waals surface area contributed by atoms with Crippen LogP contribution in [0.4, 0.5) is 5.69 Å². The van der Waals surface area contributed by atoms with Gasteiger partial charge in [-0.05, 0) is 12.1 Å². The van der Waals surface area contributed by atoms with Crippen LogP contribution in [0, 0.1) is 0 Å². The van der Waals surface area contributed by atoms with Crippen LogP contribution >= 0.6 is 7.82 Å². The quantitative estimate of drug-likeness (QED) is 0.492. The molecule has 0 bridgehead atoms. The van der Waals surface area contributed by atoms with Crippen LogP contribution in [0.2, 0.25) is 0 Å². The molecular weight excluding hydrogens is 243 g/mol. The number of phosphoric acid groups is 1. The molecule has 0 fully saturated rings. The maximum atomic E-state index is 10.8. The average molecular weight is 254 g/mol. The summed E-state index contributed by atoms with van der Waals surface area (Å²) >= 11 is 0. The van der Waals surface area contributed by atoms with E-state index in [1.807, 2.05) is 0 Å². The van der Waals surface area contributed by atoms with Gasteiger partial charge in [-0.3, -0.25) is 9.79 Å². The van der Waals surface area contributed by atoms with Crippen molar-refractivity contribution in [1.82, 2.24) is 4.98 Å². The lowest BCUT2D eigenvalue weighted by atomic mass is 10.1. The first kappa shape index (κ1) is 11.7. The monoisotopic (exact) mass is 254 g/mol. The zero-order chi connectivity index (χ0) is 12.5. The largest absolute Gasteiger partial charge is 0.524 e. The molecule has 6 nitrogen and oxygen atoms in total. The molecule has 90 valence electrons. The van der Waals surface area contributed by atoms with Crippen LogP contribution in [-0.2, 0) is 4.57 Å². The van der Waals surface area contributed by atoms with Crippen LogP contribution in [0.25, 0.3) is 11.1 Å². The van der Waals surface area contributed by atoms with E-state index in [-0.39, 0.29) is 11.4 Å². The maximum absolute atomic E-state index is 10.8. The average Bonchev–Trinajstić information content (AvgIpc) is 2.72. The molecule has 5 N–H and O–H groups in total. The highest BCUT2D eigenvalue weighted by Gasteiger charge is 2.19. The standard InChI is InChI=1S/C10H11N2O4P/c11-10-8(7-4-5-12-6-7)2-1-3-9(10)16-17(13,14)15/h1-6,12H,11H2,(H2,13,14,15). The van der Waals surface area contributed by atoms with Gasteiger partial charge in [0.2, 0.25) is 0 Å². The van der Waals surface area contributed by atoms with Gasteiger partial charge < -0.3 is 15.2 Å². The molecule has 1 aromatic carbocycles. The van der Waals surface area contributed by atoms with Crippen LogP contribution in [0.1, 0.15) is 0 Å². The Morgan fingerprint density at radius 2 is 2.06 bits per heavy atom. The summed E-state index contributed by atoms with van der Waals surface area (Å²) in [5, 5.41) is 0. The van der Waals surface area contributed by atoms with E-state index in [4.69, 9.17) is 15.5 Å². The highest BCUT2D eigenvalue weighted by Crippen LogP contribution is 2.42. The molecule has 2 aromatic rings. The van der Waals surface area contributed by atoms with Gasteiger partial charge in [0.05, 0.1) is 5.69 Å². The third-order valence-corrected chi connectivity index (χ3v) is 2.63. The van der Waals surface area contributed by atoms with Crippen molar-refractivity contribution < 1.29 is 18.9 Å². The van der Waals surface area contributed by atoms with Gasteiger partial charge in [-0.2, -0.15) is 0 Å². The molecule has 0 saturated carbocycles. The number of nitrogens with one attached hydrogen (secondary N) is 1. The van der Waals surface area contributed by atoms with Crippen molar-refractivity contribution in [2.75, 3.05) is 5.73 Å². The van der Waals surface area contributed by atoms with E-state index in [1.165, 1.54) is 6.07 Å². The Labute approximate surface area is 97.3 Å². The van der Waals surface area contributed by atoms with Gasteiger partial charge in [0, 0.05) is 23.5 Å². The van der Waals surface area contributed by atoms with Gasteiger partial charge in [0.25, 0.3) is 0 Å². The van der Waals surface area contributed by atoms with Gasteiger partial charge in [0.15, 0.2) is 5.75 Å². The second kappa shape index (κ2) is 4.25. The van der Waals surface area contributed by atoms with Crippen LogP contribution in [0.3, 0.4) is 0 Å². The fourth-order valence-electron chi connectivity index (χ4n) is 1.49. The minimum atomic E-state index is -4.60. The van der Waals surface area contributed by atoms with E-state index in [9.17, 15) is 4.57 Å². The van der Waals surface area contributed by atoms with E-state index >= 15 is 0 Å². The van der Waals surface area contributed by atoms with Gasteiger partial charge in [-0.15, -0.1) is 0 Å². The Balaban J connectivity index is 2.44. The Morgan fingerprint density at radius 1 is 1.29 bits per heavy atom. The van der Waals surface area contributed by atoms with Crippen molar-refractivity contribution in [1.29, 1.82) is 0 Å². The number of H-pyrrole nitrogens is 1.